The van der Waals surface area contributed by atoms with Crippen molar-refractivity contribution in [2.75, 3.05) is 5.32 Å². The van der Waals surface area contributed by atoms with Crippen LogP contribution < -0.4 is 5.32 Å². The second-order valence-corrected chi connectivity index (χ2v) is 4.52. The zero-order valence-corrected chi connectivity index (χ0v) is 11.0. The number of nitrogens with one attached hydrogen (secondary N) is 1. The van der Waals surface area contributed by atoms with Gasteiger partial charge in [0.25, 0.3) is 0 Å². The van der Waals surface area contributed by atoms with E-state index in [1.807, 2.05) is 37.3 Å². The van der Waals surface area contributed by atoms with Gasteiger partial charge in [0.1, 0.15) is 0 Å². The Morgan fingerprint density at radius 3 is 2.85 bits per heavy atom. The molecule has 0 unspecified atom stereocenters. The second kappa shape index (κ2) is 4.98. The SMILES string of the molecule is Cc1cccc2cnc(Nc3cccc(C#N)c3)nc12. The molecule has 0 saturated heterocycles. The highest BCUT2D eigenvalue weighted by atomic mass is 15.1. The molecule has 0 fully saturated rings. The van der Waals surface area contributed by atoms with Crippen LogP contribution in [0.2, 0.25) is 0 Å². The summed E-state index contributed by atoms with van der Waals surface area (Å²) < 4.78 is 0. The van der Waals surface area contributed by atoms with E-state index in [-0.39, 0.29) is 0 Å². The van der Waals surface area contributed by atoms with Crippen molar-refractivity contribution in [3.8, 4) is 6.07 Å². The molecule has 0 aliphatic rings. The first kappa shape index (κ1) is 12.1. The lowest BCUT2D eigenvalue weighted by atomic mass is 10.1. The lowest BCUT2D eigenvalue weighted by molar-refractivity contribution is 1.20. The standard InChI is InChI=1S/C16H12N4/c1-11-4-2-6-13-10-18-16(20-15(11)13)19-14-7-3-5-12(8-14)9-17/h2-8,10H,1H3,(H,18,19,20). The second-order valence-electron chi connectivity index (χ2n) is 4.52. The zero-order valence-electron chi connectivity index (χ0n) is 11.0. The molecule has 0 bridgehead atoms. The third-order valence-electron chi connectivity index (χ3n) is 3.06. The summed E-state index contributed by atoms with van der Waals surface area (Å²) >= 11 is 0. The molecule has 4 nitrogen and oxygen atoms in total. The van der Waals surface area contributed by atoms with Crippen molar-refractivity contribution >= 4 is 22.5 Å². The molecule has 1 aromatic heterocycles. The predicted molar refractivity (Wildman–Crippen MR) is 78.7 cm³/mol. The van der Waals surface area contributed by atoms with Crippen molar-refractivity contribution in [3.63, 3.8) is 0 Å². The van der Waals surface area contributed by atoms with Crippen LogP contribution in [0.4, 0.5) is 11.6 Å². The van der Waals surface area contributed by atoms with Crippen LogP contribution in [0.5, 0.6) is 0 Å². The normalized spacial score (nSPS) is 10.2. The molecule has 0 atom stereocenters. The van der Waals surface area contributed by atoms with Crippen LogP contribution in [-0.2, 0) is 0 Å². The van der Waals surface area contributed by atoms with E-state index >= 15 is 0 Å². The van der Waals surface area contributed by atoms with Gasteiger partial charge in [-0.15, -0.1) is 0 Å². The summed E-state index contributed by atoms with van der Waals surface area (Å²) in [5.74, 6) is 0.530. The molecule has 0 amide bonds. The summed E-state index contributed by atoms with van der Waals surface area (Å²) in [4.78, 5) is 8.81. The van der Waals surface area contributed by atoms with E-state index in [4.69, 9.17) is 5.26 Å². The van der Waals surface area contributed by atoms with Gasteiger partial charge in [-0.05, 0) is 30.7 Å². The van der Waals surface area contributed by atoms with Crippen LogP contribution in [0.15, 0.2) is 48.7 Å². The third-order valence-corrected chi connectivity index (χ3v) is 3.06. The highest BCUT2D eigenvalue weighted by Gasteiger charge is 2.03. The largest absolute Gasteiger partial charge is 0.324 e. The number of para-hydroxylation sites is 1. The van der Waals surface area contributed by atoms with Crippen molar-refractivity contribution in [1.29, 1.82) is 5.26 Å². The Morgan fingerprint density at radius 1 is 1.15 bits per heavy atom. The van der Waals surface area contributed by atoms with Gasteiger partial charge in [0.2, 0.25) is 5.95 Å². The Kier molecular flexibility index (Phi) is 3.02. The van der Waals surface area contributed by atoms with Gasteiger partial charge in [-0.2, -0.15) is 5.26 Å². The quantitative estimate of drug-likeness (QED) is 0.765. The molecule has 1 heterocycles. The third kappa shape index (κ3) is 2.29. The van der Waals surface area contributed by atoms with Crippen molar-refractivity contribution in [2.45, 2.75) is 6.92 Å². The first-order valence-corrected chi connectivity index (χ1v) is 6.26. The van der Waals surface area contributed by atoms with Crippen LogP contribution in [0.25, 0.3) is 10.9 Å². The molecule has 0 aliphatic carbocycles. The maximum Gasteiger partial charge on any atom is 0.227 e. The molecule has 0 spiro atoms. The van der Waals surface area contributed by atoms with Gasteiger partial charge < -0.3 is 5.32 Å². The minimum Gasteiger partial charge on any atom is -0.324 e. The van der Waals surface area contributed by atoms with Gasteiger partial charge in [0.15, 0.2) is 0 Å². The predicted octanol–water partition coefficient (Wildman–Crippen LogP) is 3.55. The molecule has 2 aromatic carbocycles. The Labute approximate surface area is 116 Å². The van der Waals surface area contributed by atoms with Crippen LogP contribution >= 0.6 is 0 Å². The fraction of sp³-hybridized carbons (Fsp3) is 0.0625. The highest BCUT2D eigenvalue weighted by molar-refractivity contribution is 5.82. The first-order valence-electron chi connectivity index (χ1n) is 6.26. The van der Waals surface area contributed by atoms with E-state index in [0.29, 0.717) is 11.5 Å². The van der Waals surface area contributed by atoms with Crippen molar-refractivity contribution in [3.05, 3.63) is 59.8 Å². The number of aromatic nitrogens is 2. The first-order chi connectivity index (χ1) is 9.76. The molecule has 4 heteroatoms. The molecule has 0 aliphatic heterocycles. The number of aryl methyl sites for hydroxylation is 1. The number of hydrogen-bond donors (Lipinski definition) is 1. The van der Waals surface area contributed by atoms with E-state index in [2.05, 4.69) is 21.4 Å². The van der Waals surface area contributed by atoms with Gasteiger partial charge in [-0.1, -0.05) is 24.3 Å². The van der Waals surface area contributed by atoms with Gasteiger partial charge in [-0.25, -0.2) is 9.97 Å². The van der Waals surface area contributed by atoms with Crippen molar-refractivity contribution < 1.29 is 0 Å². The van der Waals surface area contributed by atoms with Gasteiger partial charge in [0, 0.05) is 17.3 Å². The van der Waals surface area contributed by atoms with E-state index in [1.165, 1.54) is 0 Å². The lowest BCUT2D eigenvalue weighted by Gasteiger charge is -2.07. The number of nitriles is 1. The van der Waals surface area contributed by atoms with Crippen molar-refractivity contribution in [2.24, 2.45) is 0 Å². The van der Waals surface area contributed by atoms with Crippen LogP contribution in [0.1, 0.15) is 11.1 Å². The molecule has 3 rings (SSSR count). The van der Waals surface area contributed by atoms with Gasteiger partial charge in [-0.3, -0.25) is 0 Å². The molecule has 96 valence electrons. The Hall–Kier alpha value is -2.93. The number of nitrogens with zero attached hydrogens (tertiary/aromatic N) is 3. The summed E-state index contributed by atoms with van der Waals surface area (Å²) in [6.45, 7) is 2.02. The van der Waals surface area contributed by atoms with Gasteiger partial charge in [0.05, 0.1) is 17.1 Å². The Morgan fingerprint density at radius 2 is 2.00 bits per heavy atom. The van der Waals surface area contributed by atoms with Gasteiger partial charge >= 0.3 is 0 Å². The summed E-state index contributed by atoms with van der Waals surface area (Å²) in [6.07, 6.45) is 1.80. The zero-order chi connectivity index (χ0) is 13.9. The Balaban J connectivity index is 1.98. The maximum atomic E-state index is 8.90. The smallest absolute Gasteiger partial charge is 0.227 e. The molecular formula is C16H12N4. The minimum absolute atomic E-state index is 0.530. The average Bonchev–Trinajstić information content (AvgIpc) is 2.48. The summed E-state index contributed by atoms with van der Waals surface area (Å²) in [5, 5.41) is 13.0. The Bertz CT molecular complexity index is 818. The fourth-order valence-electron chi connectivity index (χ4n) is 2.06. The minimum atomic E-state index is 0.530. The number of hydrogen-bond acceptors (Lipinski definition) is 4. The van der Waals surface area contributed by atoms with Crippen LogP contribution in [-0.4, -0.2) is 9.97 Å². The van der Waals surface area contributed by atoms with Crippen LogP contribution in [0.3, 0.4) is 0 Å². The average molecular weight is 260 g/mol. The van der Waals surface area contributed by atoms with E-state index in [0.717, 1.165) is 22.2 Å². The molecule has 3 aromatic rings. The van der Waals surface area contributed by atoms with E-state index < -0.39 is 0 Å². The topological polar surface area (TPSA) is 61.6 Å². The fourth-order valence-corrected chi connectivity index (χ4v) is 2.06. The number of fused-ring (bicyclic) bond motifs is 1. The molecule has 1 N–H and O–H groups in total. The lowest BCUT2D eigenvalue weighted by Crippen LogP contribution is -1.98. The summed E-state index contributed by atoms with van der Waals surface area (Å²) in [7, 11) is 0. The van der Waals surface area contributed by atoms with E-state index in [9.17, 15) is 0 Å². The summed E-state index contributed by atoms with van der Waals surface area (Å²) in [6, 6.07) is 15.4. The monoisotopic (exact) mass is 260 g/mol. The highest BCUT2D eigenvalue weighted by Crippen LogP contribution is 2.19. The number of anilines is 2. The number of rotatable bonds is 2. The maximum absolute atomic E-state index is 8.90. The molecule has 0 radical (unpaired) electrons. The molecule has 20 heavy (non-hydrogen) atoms. The van der Waals surface area contributed by atoms with E-state index in [1.54, 1.807) is 18.3 Å². The number of benzene rings is 2. The molecular weight excluding hydrogens is 248 g/mol. The van der Waals surface area contributed by atoms with Crippen molar-refractivity contribution in [1.82, 2.24) is 9.97 Å². The summed E-state index contributed by atoms with van der Waals surface area (Å²) in [5.41, 5.74) is 3.45. The molecule has 0 saturated carbocycles. The van der Waals surface area contributed by atoms with Crippen LogP contribution in [0, 0.1) is 18.3 Å².